The molecular weight excluding hydrogens is 298 g/mol. The predicted octanol–water partition coefficient (Wildman–Crippen LogP) is 2.57. The van der Waals surface area contributed by atoms with Gasteiger partial charge in [0.15, 0.2) is 0 Å². The van der Waals surface area contributed by atoms with Gasteiger partial charge in [0.25, 0.3) is 0 Å². The van der Waals surface area contributed by atoms with Gasteiger partial charge < -0.3 is 5.11 Å². The zero-order valence-corrected chi connectivity index (χ0v) is 13.3. The van der Waals surface area contributed by atoms with Gasteiger partial charge in [-0.25, -0.2) is 13.2 Å². The van der Waals surface area contributed by atoms with E-state index >= 15 is 0 Å². The van der Waals surface area contributed by atoms with E-state index in [9.17, 15) is 18.3 Å². The minimum atomic E-state index is -3.72. The zero-order valence-electron chi connectivity index (χ0n) is 11.6. The fraction of sp³-hybridized carbons (Fsp3) is 0.615. The minimum absolute atomic E-state index is 0.0240. The SMILES string of the molecule is CCCN(CC1CC1)S(=O)(=O)c1c(C)csc1C(=O)O. The number of carbonyl (C=O) groups is 1. The van der Waals surface area contributed by atoms with Crippen molar-refractivity contribution < 1.29 is 18.3 Å². The first-order valence-corrected chi connectivity index (χ1v) is 9.01. The highest BCUT2D eigenvalue weighted by Crippen LogP contribution is 2.34. The van der Waals surface area contributed by atoms with E-state index < -0.39 is 16.0 Å². The van der Waals surface area contributed by atoms with Crippen LogP contribution < -0.4 is 0 Å². The van der Waals surface area contributed by atoms with Crippen LogP contribution in [0.2, 0.25) is 0 Å². The lowest BCUT2D eigenvalue weighted by Gasteiger charge is -2.22. The average molecular weight is 317 g/mol. The Balaban J connectivity index is 2.40. The van der Waals surface area contributed by atoms with Crippen LogP contribution in [0, 0.1) is 12.8 Å². The molecule has 0 aliphatic heterocycles. The molecule has 0 amide bonds. The zero-order chi connectivity index (χ0) is 14.9. The van der Waals surface area contributed by atoms with E-state index in [-0.39, 0.29) is 9.77 Å². The van der Waals surface area contributed by atoms with Crippen LogP contribution >= 0.6 is 11.3 Å². The highest BCUT2D eigenvalue weighted by Gasteiger charge is 2.35. The van der Waals surface area contributed by atoms with Crippen molar-refractivity contribution >= 4 is 27.3 Å². The van der Waals surface area contributed by atoms with E-state index in [2.05, 4.69) is 0 Å². The largest absolute Gasteiger partial charge is 0.477 e. The van der Waals surface area contributed by atoms with Gasteiger partial charge in [-0.1, -0.05) is 6.92 Å². The van der Waals surface area contributed by atoms with Crippen molar-refractivity contribution in [1.82, 2.24) is 4.31 Å². The summed E-state index contributed by atoms with van der Waals surface area (Å²) in [4.78, 5) is 11.1. The number of aryl methyl sites for hydroxylation is 1. The summed E-state index contributed by atoms with van der Waals surface area (Å²) in [6, 6.07) is 0. The molecule has 1 saturated carbocycles. The Hall–Kier alpha value is -0.920. The standard InChI is InChI=1S/C13H19NO4S2/c1-3-6-14(7-10-4-5-10)20(17,18)12-9(2)8-19-11(12)13(15)16/h8,10H,3-7H2,1-2H3,(H,15,16). The summed E-state index contributed by atoms with van der Waals surface area (Å²) < 4.78 is 27.0. The lowest BCUT2D eigenvalue weighted by Crippen LogP contribution is -2.34. The lowest BCUT2D eigenvalue weighted by molar-refractivity contribution is 0.0698. The van der Waals surface area contributed by atoms with Crippen molar-refractivity contribution in [3.63, 3.8) is 0 Å². The lowest BCUT2D eigenvalue weighted by atomic mass is 10.3. The average Bonchev–Trinajstić information content (AvgIpc) is 3.08. The second-order valence-corrected chi connectivity index (χ2v) is 7.94. The van der Waals surface area contributed by atoms with Crippen LogP contribution in [0.15, 0.2) is 10.3 Å². The van der Waals surface area contributed by atoms with E-state index in [1.54, 1.807) is 12.3 Å². The van der Waals surface area contributed by atoms with Gasteiger partial charge >= 0.3 is 5.97 Å². The molecule has 20 heavy (non-hydrogen) atoms. The summed E-state index contributed by atoms with van der Waals surface area (Å²) in [6.45, 7) is 4.52. The Morgan fingerprint density at radius 3 is 2.65 bits per heavy atom. The number of hydrogen-bond donors (Lipinski definition) is 1. The van der Waals surface area contributed by atoms with Crippen molar-refractivity contribution in [3.05, 3.63) is 15.8 Å². The van der Waals surface area contributed by atoms with E-state index in [1.165, 1.54) is 4.31 Å². The first-order chi connectivity index (χ1) is 9.37. The third kappa shape index (κ3) is 3.05. The maximum Gasteiger partial charge on any atom is 0.347 e. The number of carboxylic acids is 1. The molecule has 7 heteroatoms. The van der Waals surface area contributed by atoms with Crippen molar-refractivity contribution in [3.8, 4) is 0 Å². The molecule has 1 fully saturated rings. The molecule has 5 nitrogen and oxygen atoms in total. The first-order valence-electron chi connectivity index (χ1n) is 6.69. The molecule has 0 aromatic carbocycles. The van der Waals surface area contributed by atoms with Crippen LogP contribution in [0.25, 0.3) is 0 Å². The molecule has 0 radical (unpaired) electrons. The molecule has 0 spiro atoms. The summed E-state index contributed by atoms with van der Waals surface area (Å²) in [5, 5.41) is 10.8. The molecule has 2 rings (SSSR count). The summed E-state index contributed by atoms with van der Waals surface area (Å²) in [6.07, 6.45) is 2.84. The van der Waals surface area contributed by atoms with Gasteiger partial charge in [-0.05, 0) is 43.0 Å². The quantitative estimate of drug-likeness (QED) is 0.838. The Labute approximate surface area is 123 Å². The topological polar surface area (TPSA) is 74.7 Å². The van der Waals surface area contributed by atoms with Crippen LogP contribution in [-0.2, 0) is 10.0 Å². The fourth-order valence-electron chi connectivity index (χ4n) is 2.18. The van der Waals surface area contributed by atoms with E-state index in [0.717, 1.165) is 30.6 Å². The first kappa shape index (κ1) is 15.5. The van der Waals surface area contributed by atoms with Gasteiger partial charge in [0.2, 0.25) is 10.0 Å². The molecule has 0 atom stereocenters. The number of sulfonamides is 1. The molecule has 0 bridgehead atoms. The molecule has 1 aromatic heterocycles. The molecule has 112 valence electrons. The molecule has 0 unspecified atom stereocenters. The summed E-state index contributed by atoms with van der Waals surface area (Å²) in [7, 11) is -3.72. The second kappa shape index (κ2) is 5.83. The van der Waals surface area contributed by atoms with Gasteiger partial charge in [0, 0.05) is 13.1 Å². The highest BCUT2D eigenvalue weighted by atomic mass is 32.2. The number of thiophene rings is 1. The normalized spacial score (nSPS) is 15.8. The van der Waals surface area contributed by atoms with Crippen molar-refractivity contribution in [1.29, 1.82) is 0 Å². The van der Waals surface area contributed by atoms with Crippen molar-refractivity contribution in [2.45, 2.75) is 38.0 Å². The third-order valence-corrected chi connectivity index (χ3v) is 6.61. The number of aromatic carboxylic acids is 1. The molecular formula is C13H19NO4S2. The Morgan fingerprint density at radius 2 is 2.15 bits per heavy atom. The third-order valence-electron chi connectivity index (χ3n) is 3.34. The fourth-order valence-corrected chi connectivity index (χ4v) is 5.37. The number of rotatable bonds is 7. The highest BCUT2D eigenvalue weighted by molar-refractivity contribution is 7.89. The van der Waals surface area contributed by atoms with E-state index in [1.807, 2.05) is 6.92 Å². The van der Waals surface area contributed by atoms with Gasteiger partial charge in [0.1, 0.15) is 9.77 Å². The van der Waals surface area contributed by atoms with Crippen LogP contribution in [0.3, 0.4) is 0 Å². The Morgan fingerprint density at radius 1 is 1.50 bits per heavy atom. The molecule has 1 aliphatic carbocycles. The van der Waals surface area contributed by atoms with Gasteiger partial charge in [-0.3, -0.25) is 0 Å². The molecule has 1 aliphatic rings. The van der Waals surface area contributed by atoms with Crippen molar-refractivity contribution in [2.24, 2.45) is 5.92 Å². The smallest absolute Gasteiger partial charge is 0.347 e. The van der Waals surface area contributed by atoms with Crippen LogP contribution in [0.5, 0.6) is 0 Å². The summed E-state index contributed by atoms with van der Waals surface area (Å²) >= 11 is 0.976. The summed E-state index contributed by atoms with van der Waals surface area (Å²) in [5.41, 5.74) is 0.518. The number of carboxylic acid groups (broad SMARTS) is 1. The predicted molar refractivity (Wildman–Crippen MR) is 77.8 cm³/mol. The molecule has 1 aromatic rings. The van der Waals surface area contributed by atoms with Gasteiger partial charge in [-0.2, -0.15) is 4.31 Å². The van der Waals surface area contributed by atoms with Crippen LogP contribution in [0.4, 0.5) is 0 Å². The van der Waals surface area contributed by atoms with Gasteiger partial charge in [0.05, 0.1) is 0 Å². The maximum atomic E-state index is 12.8. The molecule has 1 N–H and O–H groups in total. The molecule has 0 saturated heterocycles. The van der Waals surface area contributed by atoms with Crippen LogP contribution in [0.1, 0.15) is 41.4 Å². The minimum Gasteiger partial charge on any atom is -0.477 e. The number of hydrogen-bond acceptors (Lipinski definition) is 4. The summed E-state index contributed by atoms with van der Waals surface area (Å²) in [5.74, 6) is -0.743. The van der Waals surface area contributed by atoms with Gasteiger partial charge in [-0.15, -0.1) is 11.3 Å². The molecule has 1 heterocycles. The second-order valence-electron chi connectivity index (χ2n) is 5.19. The van der Waals surface area contributed by atoms with E-state index in [4.69, 9.17) is 0 Å². The van der Waals surface area contributed by atoms with Crippen LogP contribution in [-0.4, -0.2) is 36.9 Å². The monoisotopic (exact) mass is 317 g/mol. The van der Waals surface area contributed by atoms with E-state index in [0.29, 0.717) is 24.6 Å². The van der Waals surface area contributed by atoms with Crippen molar-refractivity contribution in [2.75, 3.05) is 13.1 Å². The number of nitrogens with zero attached hydrogens (tertiary/aromatic N) is 1. The Kier molecular flexibility index (Phi) is 4.51. The maximum absolute atomic E-state index is 12.8. The Bertz CT molecular complexity index is 602.